The van der Waals surface area contributed by atoms with Gasteiger partial charge in [0.1, 0.15) is 18.1 Å². The third-order valence-corrected chi connectivity index (χ3v) is 5.63. The molecule has 3 aromatic rings. The highest BCUT2D eigenvalue weighted by Gasteiger charge is 2.12. The SMILES string of the molecule is COc1ccc(C=NNc2nc(C)cs2)cc1COc1ccc2c(c1)CCC2. The molecule has 5 nitrogen and oxygen atoms in total. The number of nitrogens with one attached hydrogen (secondary N) is 1. The zero-order valence-electron chi connectivity index (χ0n) is 16.1. The van der Waals surface area contributed by atoms with Crippen LogP contribution in [-0.4, -0.2) is 18.3 Å². The summed E-state index contributed by atoms with van der Waals surface area (Å²) in [6, 6.07) is 12.3. The molecule has 1 aromatic heterocycles. The van der Waals surface area contributed by atoms with Crippen LogP contribution in [0.4, 0.5) is 5.13 Å². The van der Waals surface area contributed by atoms with Gasteiger partial charge in [-0.15, -0.1) is 11.3 Å². The number of anilines is 1. The minimum atomic E-state index is 0.447. The predicted octanol–water partition coefficient (Wildman–Crippen LogP) is 4.97. The largest absolute Gasteiger partial charge is 0.496 e. The maximum absolute atomic E-state index is 6.04. The highest BCUT2D eigenvalue weighted by Crippen LogP contribution is 2.27. The van der Waals surface area contributed by atoms with Crippen LogP contribution in [0.5, 0.6) is 11.5 Å². The number of aromatic nitrogens is 1. The summed E-state index contributed by atoms with van der Waals surface area (Å²) in [4.78, 5) is 4.33. The van der Waals surface area contributed by atoms with Gasteiger partial charge in [-0.05, 0) is 73.2 Å². The molecule has 2 aromatic carbocycles. The number of rotatable bonds is 7. The molecule has 1 aliphatic carbocycles. The summed E-state index contributed by atoms with van der Waals surface area (Å²) >= 11 is 1.53. The Balaban J connectivity index is 1.44. The second-order valence-electron chi connectivity index (χ2n) is 6.81. The van der Waals surface area contributed by atoms with Gasteiger partial charge in [0.25, 0.3) is 0 Å². The van der Waals surface area contributed by atoms with Gasteiger partial charge in [0.15, 0.2) is 0 Å². The molecule has 4 rings (SSSR count). The van der Waals surface area contributed by atoms with E-state index in [1.165, 1.54) is 35.3 Å². The number of hydrazone groups is 1. The molecule has 144 valence electrons. The second kappa shape index (κ2) is 8.44. The highest BCUT2D eigenvalue weighted by molar-refractivity contribution is 7.13. The summed E-state index contributed by atoms with van der Waals surface area (Å²) in [6.07, 6.45) is 5.34. The Morgan fingerprint density at radius 2 is 2.07 bits per heavy atom. The number of hydrogen-bond donors (Lipinski definition) is 1. The van der Waals surface area contributed by atoms with Gasteiger partial charge in [-0.2, -0.15) is 5.10 Å². The molecule has 0 bridgehead atoms. The van der Waals surface area contributed by atoms with Crippen molar-refractivity contribution in [3.63, 3.8) is 0 Å². The Hall–Kier alpha value is -2.86. The molecule has 0 unspecified atom stereocenters. The molecule has 0 spiro atoms. The van der Waals surface area contributed by atoms with Gasteiger partial charge in [-0.25, -0.2) is 4.98 Å². The van der Waals surface area contributed by atoms with Crippen LogP contribution in [0.15, 0.2) is 46.9 Å². The fourth-order valence-corrected chi connectivity index (χ4v) is 4.00. The maximum Gasteiger partial charge on any atom is 0.203 e. The van der Waals surface area contributed by atoms with E-state index in [1.54, 1.807) is 13.3 Å². The standard InChI is InChI=1S/C22H23N3O2S/c1-15-14-28-22(24-15)25-23-12-16-6-9-21(26-2)19(10-16)13-27-20-8-7-17-4-3-5-18(17)11-20/h6-12,14H,3-5,13H2,1-2H3,(H,24,25). The molecule has 0 radical (unpaired) electrons. The number of fused-ring (bicyclic) bond motifs is 1. The zero-order chi connectivity index (χ0) is 19.3. The summed E-state index contributed by atoms with van der Waals surface area (Å²) in [5.74, 6) is 1.71. The Labute approximate surface area is 169 Å². The first kappa shape index (κ1) is 18.5. The molecule has 1 heterocycles. The van der Waals surface area contributed by atoms with Gasteiger partial charge < -0.3 is 9.47 Å². The predicted molar refractivity (Wildman–Crippen MR) is 114 cm³/mol. The molecule has 0 fully saturated rings. The van der Waals surface area contributed by atoms with E-state index in [-0.39, 0.29) is 0 Å². The van der Waals surface area contributed by atoms with E-state index >= 15 is 0 Å². The summed E-state index contributed by atoms with van der Waals surface area (Å²) in [6.45, 7) is 2.41. The van der Waals surface area contributed by atoms with E-state index in [0.717, 1.165) is 39.9 Å². The molecule has 0 atom stereocenters. The summed E-state index contributed by atoms with van der Waals surface area (Å²) in [5, 5.41) is 7.04. The monoisotopic (exact) mass is 393 g/mol. The van der Waals surface area contributed by atoms with Crippen LogP contribution in [0.2, 0.25) is 0 Å². The van der Waals surface area contributed by atoms with E-state index in [2.05, 4.69) is 33.7 Å². The fraction of sp³-hybridized carbons (Fsp3) is 0.273. The number of thiazole rings is 1. The van der Waals surface area contributed by atoms with Gasteiger partial charge in [0.2, 0.25) is 5.13 Å². The average molecular weight is 394 g/mol. The van der Waals surface area contributed by atoms with E-state index < -0.39 is 0 Å². The van der Waals surface area contributed by atoms with Crippen molar-refractivity contribution in [1.82, 2.24) is 4.98 Å². The molecule has 0 saturated carbocycles. The normalized spacial score (nSPS) is 12.9. The molecule has 6 heteroatoms. The fourth-order valence-electron chi connectivity index (χ4n) is 3.36. The van der Waals surface area contributed by atoms with Crippen molar-refractivity contribution < 1.29 is 9.47 Å². The first-order valence-corrected chi connectivity index (χ1v) is 10.2. The lowest BCUT2D eigenvalue weighted by molar-refractivity contribution is 0.296. The van der Waals surface area contributed by atoms with Crippen LogP contribution < -0.4 is 14.9 Å². The lowest BCUT2D eigenvalue weighted by Gasteiger charge is -2.12. The smallest absolute Gasteiger partial charge is 0.203 e. The third-order valence-electron chi connectivity index (χ3n) is 4.76. The summed E-state index contributed by atoms with van der Waals surface area (Å²) < 4.78 is 11.5. The molecule has 1 N–H and O–H groups in total. The van der Waals surface area contributed by atoms with Crippen LogP contribution in [0, 0.1) is 6.92 Å². The summed E-state index contributed by atoms with van der Waals surface area (Å²) in [7, 11) is 1.67. The average Bonchev–Trinajstić information content (AvgIpc) is 3.34. The molecular formula is C22H23N3O2S. The number of nitrogens with zero attached hydrogens (tertiary/aromatic N) is 2. The number of aryl methyl sites for hydroxylation is 3. The van der Waals surface area contributed by atoms with E-state index in [0.29, 0.717) is 6.61 Å². The van der Waals surface area contributed by atoms with Gasteiger partial charge in [-0.1, -0.05) is 6.07 Å². The molecule has 0 saturated heterocycles. The van der Waals surface area contributed by atoms with Crippen molar-refractivity contribution in [2.24, 2.45) is 5.10 Å². The second-order valence-corrected chi connectivity index (χ2v) is 7.67. The number of methoxy groups -OCH3 is 1. The van der Waals surface area contributed by atoms with Gasteiger partial charge in [0.05, 0.1) is 19.0 Å². The highest BCUT2D eigenvalue weighted by atomic mass is 32.1. The van der Waals surface area contributed by atoms with Crippen molar-refractivity contribution in [2.45, 2.75) is 32.8 Å². The lowest BCUT2D eigenvalue weighted by Crippen LogP contribution is -2.01. The van der Waals surface area contributed by atoms with Crippen molar-refractivity contribution in [3.8, 4) is 11.5 Å². The molecule has 1 aliphatic rings. The summed E-state index contributed by atoms with van der Waals surface area (Å²) in [5.41, 5.74) is 8.75. The Bertz CT molecular complexity index is 997. The molecular weight excluding hydrogens is 370 g/mol. The number of hydrogen-bond acceptors (Lipinski definition) is 6. The van der Waals surface area contributed by atoms with Crippen molar-refractivity contribution in [2.75, 3.05) is 12.5 Å². The van der Waals surface area contributed by atoms with E-state index in [9.17, 15) is 0 Å². The minimum Gasteiger partial charge on any atom is -0.496 e. The molecule has 0 aliphatic heterocycles. The van der Waals surface area contributed by atoms with Crippen LogP contribution >= 0.6 is 11.3 Å². The maximum atomic E-state index is 6.04. The number of benzene rings is 2. The van der Waals surface area contributed by atoms with Crippen LogP contribution in [0.25, 0.3) is 0 Å². The number of ether oxygens (including phenoxy) is 2. The Kier molecular flexibility index (Phi) is 5.58. The molecule has 0 amide bonds. The Morgan fingerprint density at radius 3 is 2.89 bits per heavy atom. The zero-order valence-corrected chi connectivity index (χ0v) is 16.9. The van der Waals surface area contributed by atoms with E-state index in [4.69, 9.17) is 9.47 Å². The first-order valence-electron chi connectivity index (χ1n) is 9.34. The van der Waals surface area contributed by atoms with Gasteiger partial charge in [-0.3, -0.25) is 5.43 Å². The first-order chi connectivity index (χ1) is 13.7. The van der Waals surface area contributed by atoms with Crippen molar-refractivity contribution in [1.29, 1.82) is 0 Å². The van der Waals surface area contributed by atoms with Crippen molar-refractivity contribution in [3.05, 3.63) is 69.7 Å². The lowest BCUT2D eigenvalue weighted by atomic mass is 10.1. The van der Waals surface area contributed by atoms with Gasteiger partial charge >= 0.3 is 0 Å². The van der Waals surface area contributed by atoms with Gasteiger partial charge in [0, 0.05) is 10.9 Å². The third kappa shape index (κ3) is 4.34. The minimum absolute atomic E-state index is 0.447. The van der Waals surface area contributed by atoms with Crippen LogP contribution in [0.3, 0.4) is 0 Å². The van der Waals surface area contributed by atoms with Crippen molar-refractivity contribution >= 4 is 22.7 Å². The molecule has 28 heavy (non-hydrogen) atoms. The van der Waals surface area contributed by atoms with Crippen LogP contribution in [-0.2, 0) is 19.4 Å². The van der Waals surface area contributed by atoms with Crippen LogP contribution in [0.1, 0.15) is 34.4 Å². The van der Waals surface area contributed by atoms with E-state index in [1.807, 2.05) is 30.5 Å². The topological polar surface area (TPSA) is 55.7 Å². The Morgan fingerprint density at radius 1 is 1.18 bits per heavy atom. The quantitative estimate of drug-likeness (QED) is 0.455.